The van der Waals surface area contributed by atoms with E-state index in [1.807, 2.05) is 13.8 Å². The van der Waals surface area contributed by atoms with Crippen LogP contribution in [0.4, 0.5) is 8.78 Å². The van der Waals surface area contributed by atoms with E-state index in [9.17, 15) is 13.6 Å². The van der Waals surface area contributed by atoms with Gasteiger partial charge in [0, 0.05) is 12.5 Å². The highest BCUT2D eigenvalue weighted by Gasteiger charge is 2.14. The Morgan fingerprint density at radius 2 is 2.00 bits per heavy atom. The van der Waals surface area contributed by atoms with Crippen molar-refractivity contribution in [1.29, 1.82) is 0 Å². The largest absolute Gasteiger partial charge is 0.408 e. The standard InChI is InChI=1S/C16H18F2N2O2/c1-10(2)6-16(21)22-15-7-11(3)19-20(15)9-12-4-5-13(17)14(18)8-12/h4-5,7-8,10H,6,9H2,1-3H3. The Kier molecular flexibility index (Phi) is 4.90. The van der Waals surface area contributed by atoms with Crippen molar-refractivity contribution in [3.8, 4) is 5.88 Å². The van der Waals surface area contributed by atoms with Gasteiger partial charge in [-0.3, -0.25) is 4.79 Å². The van der Waals surface area contributed by atoms with Gasteiger partial charge in [-0.1, -0.05) is 19.9 Å². The number of benzene rings is 1. The molecule has 0 bridgehead atoms. The molecule has 0 fully saturated rings. The predicted octanol–water partition coefficient (Wildman–Crippen LogP) is 3.47. The van der Waals surface area contributed by atoms with Crippen molar-refractivity contribution in [3.05, 3.63) is 47.2 Å². The summed E-state index contributed by atoms with van der Waals surface area (Å²) in [4.78, 5) is 11.8. The van der Waals surface area contributed by atoms with E-state index in [4.69, 9.17) is 4.74 Å². The first kappa shape index (κ1) is 16.1. The predicted molar refractivity (Wildman–Crippen MR) is 77.5 cm³/mol. The molecule has 1 aromatic carbocycles. The van der Waals surface area contributed by atoms with Crippen molar-refractivity contribution in [3.63, 3.8) is 0 Å². The monoisotopic (exact) mass is 308 g/mol. The van der Waals surface area contributed by atoms with Crippen LogP contribution >= 0.6 is 0 Å². The molecule has 0 unspecified atom stereocenters. The van der Waals surface area contributed by atoms with E-state index in [1.54, 1.807) is 13.0 Å². The third-order valence-electron chi connectivity index (χ3n) is 2.97. The molecule has 0 atom stereocenters. The van der Waals surface area contributed by atoms with E-state index < -0.39 is 11.6 Å². The van der Waals surface area contributed by atoms with Crippen LogP contribution in [0.25, 0.3) is 0 Å². The van der Waals surface area contributed by atoms with Crippen molar-refractivity contribution in [2.24, 2.45) is 5.92 Å². The molecular formula is C16H18F2N2O2. The van der Waals surface area contributed by atoms with E-state index in [-0.39, 0.29) is 18.4 Å². The smallest absolute Gasteiger partial charge is 0.312 e. The van der Waals surface area contributed by atoms with E-state index in [0.717, 1.165) is 12.1 Å². The molecule has 0 spiro atoms. The van der Waals surface area contributed by atoms with Gasteiger partial charge in [0.05, 0.1) is 12.2 Å². The number of esters is 1. The maximum Gasteiger partial charge on any atom is 0.312 e. The van der Waals surface area contributed by atoms with Crippen molar-refractivity contribution in [2.45, 2.75) is 33.7 Å². The molecule has 2 aromatic rings. The molecule has 0 radical (unpaired) electrons. The Bertz CT molecular complexity index is 681. The third kappa shape index (κ3) is 4.13. The molecule has 1 heterocycles. The summed E-state index contributed by atoms with van der Waals surface area (Å²) in [6, 6.07) is 5.27. The second kappa shape index (κ2) is 6.68. The number of aromatic nitrogens is 2. The number of rotatable bonds is 5. The summed E-state index contributed by atoms with van der Waals surface area (Å²) in [6.45, 7) is 5.80. The Hall–Kier alpha value is -2.24. The maximum absolute atomic E-state index is 13.3. The lowest BCUT2D eigenvalue weighted by molar-refractivity contribution is -0.135. The van der Waals surface area contributed by atoms with Gasteiger partial charge in [-0.2, -0.15) is 5.10 Å². The highest BCUT2D eigenvalue weighted by Crippen LogP contribution is 2.18. The summed E-state index contributed by atoms with van der Waals surface area (Å²) < 4.78 is 33.0. The number of ether oxygens (including phenoxy) is 1. The Labute approximate surface area is 127 Å². The van der Waals surface area contributed by atoms with Crippen LogP contribution in [0, 0.1) is 24.5 Å². The molecule has 118 valence electrons. The molecule has 0 aliphatic rings. The topological polar surface area (TPSA) is 44.1 Å². The molecule has 0 aliphatic heterocycles. The first-order valence-electron chi connectivity index (χ1n) is 7.04. The lowest BCUT2D eigenvalue weighted by atomic mass is 10.1. The molecule has 0 saturated carbocycles. The average molecular weight is 308 g/mol. The van der Waals surface area contributed by atoms with Gasteiger partial charge >= 0.3 is 5.97 Å². The zero-order valence-electron chi connectivity index (χ0n) is 12.8. The van der Waals surface area contributed by atoms with Gasteiger partial charge in [0.2, 0.25) is 5.88 Å². The Morgan fingerprint density at radius 3 is 2.64 bits per heavy atom. The molecule has 0 saturated heterocycles. The highest BCUT2D eigenvalue weighted by atomic mass is 19.2. The second-order valence-corrected chi connectivity index (χ2v) is 5.60. The fourth-order valence-corrected chi connectivity index (χ4v) is 2.02. The normalized spacial score (nSPS) is 11.0. The lowest BCUT2D eigenvalue weighted by Crippen LogP contribution is -2.14. The van der Waals surface area contributed by atoms with Gasteiger partial charge in [0.15, 0.2) is 11.6 Å². The number of hydrogen-bond acceptors (Lipinski definition) is 3. The van der Waals surface area contributed by atoms with Gasteiger partial charge in [-0.15, -0.1) is 0 Å². The van der Waals surface area contributed by atoms with Crippen LogP contribution in [0.1, 0.15) is 31.5 Å². The van der Waals surface area contributed by atoms with Crippen LogP contribution in [0.2, 0.25) is 0 Å². The van der Waals surface area contributed by atoms with E-state index in [0.29, 0.717) is 23.6 Å². The Balaban J connectivity index is 2.17. The van der Waals surface area contributed by atoms with Crippen LogP contribution in [0.15, 0.2) is 24.3 Å². The number of nitrogens with zero attached hydrogens (tertiary/aromatic N) is 2. The summed E-state index contributed by atoms with van der Waals surface area (Å²) in [6.07, 6.45) is 0.301. The molecule has 22 heavy (non-hydrogen) atoms. The fourth-order valence-electron chi connectivity index (χ4n) is 2.02. The van der Waals surface area contributed by atoms with Crippen molar-refractivity contribution < 1.29 is 18.3 Å². The minimum Gasteiger partial charge on any atom is -0.408 e. The quantitative estimate of drug-likeness (QED) is 0.794. The molecule has 4 nitrogen and oxygen atoms in total. The van der Waals surface area contributed by atoms with Gasteiger partial charge in [0.1, 0.15) is 0 Å². The van der Waals surface area contributed by atoms with E-state index >= 15 is 0 Å². The minimum absolute atomic E-state index is 0.190. The number of carbonyl (C=O) groups is 1. The first-order valence-corrected chi connectivity index (χ1v) is 7.04. The van der Waals surface area contributed by atoms with Crippen LogP contribution in [-0.4, -0.2) is 15.7 Å². The summed E-state index contributed by atoms with van der Waals surface area (Å²) in [7, 11) is 0. The van der Waals surface area contributed by atoms with Gasteiger partial charge < -0.3 is 4.74 Å². The molecule has 0 N–H and O–H groups in total. The lowest BCUT2D eigenvalue weighted by Gasteiger charge is -2.09. The fraction of sp³-hybridized carbons (Fsp3) is 0.375. The summed E-state index contributed by atoms with van der Waals surface area (Å²) >= 11 is 0. The zero-order valence-corrected chi connectivity index (χ0v) is 12.8. The summed E-state index contributed by atoms with van der Waals surface area (Å²) in [5.74, 6) is -1.67. The number of halogens is 2. The molecular weight excluding hydrogens is 290 g/mol. The van der Waals surface area contributed by atoms with E-state index in [2.05, 4.69) is 5.10 Å². The number of hydrogen-bond donors (Lipinski definition) is 0. The highest BCUT2D eigenvalue weighted by molar-refractivity contribution is 5.72. The van der Waals surface area contributed by atoms with E-state index in [1.165, 1.54) is 10.7 Å². The van der Waals surface area contributed by atoms with Crippen molar-refractivity contribution in [2.75, 3.05) is 0 Å². The van der Waals surface area contributed by atoms with Crippen LogP contribution in [-0.2, 0) is 11.3 Å². The summed E-state index contributed by atoms with van der Waals surface area (Å²) in [5, 5.41) is 4.21. The third-order valence-corrected chi connectivity index (χ3v) is 2.97. The molecule has 6 heteroatoms. The minimum atomic E-state index is -0.917. The molecule has 0 amide bonds. The van der Waals surface area contributed by atoms with Gasteiger partial charge in [0.25, 0.3) is 0 Å². The number of aryl methyl sites for hydroxylation is 1. The average Bonchev–Trinajstić information content (AvgIpc) is 2.73. The van der Waals surface area contributed by atoms with Gasteiger partial charge in [-0.05, 0) is 30.5 Å². The van der Waals surface area contributed by atoms with Crippen LogP contribution in [0.3, 0.4) is 0 Å². The Morgan fingerprint density at radius 1 is 1.27 bits per heavy atom. The first-order chi connectivity index (χ1) is 10.3. The van der Waals surface area contributed by atoms with Crippen molar-refractivity contribution >= 4 is 5.97 Å². The zero-order chi connectivity index (χ0) is 16.3. The second-order valence-electron chi connectivity index (χ2n) is 5.60. The maximum atomic E-state index is 13.3. The van der Waals surface area contributed by atoms with Crippen molar-refractivity contribution in [1.82, 2.24) is 9.78 Å². The molecule has 1 aromatic heterocycles. The summed E-state index contributed by atoms with van der Waals surface area (Å²) in [5.41, 5.74) is 1.21. The molecule has 0 aliphatic carbocycles. The molecule has 2 rings (SSSR count). The van der Waals surface area contributed by atoms with Crippen LogP contribution < -0.4 is 4.74 Å². The van der Waals surface area contributed by atoms with Crippen LogP contribution in [0.5, 0.6) is 5.88 Å². The SMILES string of the molecule is Cc1cc(OC(=O)CC(C)C)n(Cc2ccc(F)c(F)c2)n1. The number of carbonyl (C=O) groups excluding carboxylic acids is 1. The van der Waals surface area contributed by atoms with Gasteiger partial charge in [-0.25, -0.2) is 13.5 Å².